The minimum Gasteiger partial charge on any atom is -0.494 e. The number of nitrogens with zero attached hydrogens (tertiary/aromatic N) is 3. The van der Waals surface area contributed by atoms with Crippen LogP contribution in [0.2, 0.25) is 0 Å². The number of rotatable bonds is 5. The Balaban J connectivity index is 1.62. The molecule has 1 N–H and O–H groups in total. The van der Waals surface area contributed by atoms with Crippen molar-refractivity contribution in [2.24, 2.45) is 5.92 Å². The number of aromatic nitrogens is 2. The molecule has 1 unspecified atom stereocenters. The predicted molar refractivity (Wildman–Crippen MR) is 97.2 cm³/mol. The fraction of sp³-hybridized carbons (Fsp3) is 0.421. The number of ether oxygens (including phenoxy) is 1. The summed E-state index contributed by atoms with van der Waals surface area (Å²) in [7, 11) is 0. The Labute approximate surface area is 148 Å². The summed E-state index contributed by atoms with van der Waals surface area (Å²) in [6.07, 6.45) is 2.23. The molecule has 1 atom stereocenters. The number of amides is 1. The van der Waals surface area contributed by atoms with E-state index in [2.05, 4.69) is 22.4 Å². The van der Waals surface area contributed by atoms with Gasteiger partial charge in [0, 0.05) is 18.8 Å². The van der Waals surface area contributed by atoms with Crippen molar-refractivity contribution in [2.75, 3.05) is 25.0 Å². The molecule has 0 bridgehead atoms. The predicted octanol–water partition coefficient (Wildman–Crippen LogP) is 3.49. The fourth-order valence-corrected chi connectivity index (χ4v) is 3.00. The summed E-state index contributed by atoms with van der Waals surface area (Å²) >= 11 is 0. The van der Waals surface area contributed by atoms with Crippen LogP contribution in [-0.4, -0.2) is 40.7 Å². The highest BCUT2D eigenvalue weighted by molar-refractivity contribution is 5.92. The maximum atomic E-state index is 12.5. The molecule has 1 aliphatic heterocycles. The summed E-state index contributed by atoms with van der Waals surface area (Å²) in [5.41, 5.74) is 1.29. The molecule has 6 heteroatoms. The van der Waals surface area contributed by atoms with Gasteiger partial charge >= 0.3 is 0 Å². The third-order valence-electron chi connectivity index (χ3n) is 4.27. The molecular formula is C19H24N4O2. The van der Waals surface area contributed by atoms with Gasteiger partial charge in [-0.05, 0) is 62.1 Å². The zero-order chi connectivity index (χ0) is 17.6. The number of piperidine rings is 1. The Morgan fingerprint density at radius 1 is 1.24 bits per heavy atom. The summed E-state index contributed by atoms with van der Waals surface area (Å²) in [6, 6.07) is 11.1. The normalized spacial score (nSPS) is 17.2. The molecule has 1 aliphatic rings. The second-order valence-electron chi connectivity index (χ2n) is 6.38. The molecule has 0 saturated carbocycles. The van der Waals surface area contributed by atoms with E-state index in [-0.39, 0.29) is 5.91 Å². The fourth-order valence-electron chi connectivity index (χ4n) is 3.00. The quantitative estimate of drug-likeness (QED) is 0.902. The largest absolute Gasteiger partial charge is 0.494 e. The van der Waals surface area contributed by atoms with E-state index in [9.17, 15) is 4.79 Å². The topological polar surface area (TPSA) is 67.3 Å². The molecule has 1 amide bonds. The van der Waals surface area contributed by atoms with Gasteiger partial charge in [0.15, 0.2) is 11.5 Å². The lowest BCUT2D eigenvalue weighted by Gasteiger charge is -2.30. The summed E-state index contributed by atoms with van der Waals surface area (Å²) in [6.45, 7) is 6.37. The van der Waals surface area contributed by atoms with Gasteiger partial charge in [0.2, 0.25) is 0 Å². The van der Waals surface area contributed by atoms with Crippen LogP contribution in [0, 0.1) is 5.92 Å². The van der Waals surface area contributed by atoms with E-state index in [4.69, 9.17) is 4.74 Å². The second kappa shape index (κ2) is 7.96. The number of benzene rings is 1. The molecule has 0 aliphatic carbocycles. The van der Waals surface area contributed by atoms with Gasteiger partial charge in [-0.1, -0.05) is 6.92 Å². The van der Waals surface area contributed by atoms with Gasteiger partial charge in [-0.25, -0.2) is 0 Å². The Morgan fingerprint density at radius 2 is 2.04 bits per heavy atom. The summed E-state index contributed by atoms with van der Waals surface area (Å²) in [4.78, 5) is 14.4. The van der Waals surface area contributed by atoms with Gasteiger partial charge in [0.25, 0.3) is 5.91 Å². The molecule has 1 aromatic carbocycles. The lowest BCUT2D eigenvalue weighted by Crippen LogP contribution is -2.39. The molecule has 1 fully saturated rings. The first-order valence-corrected chi connectivity index (χ1v) is 8.78. The first kappa shape index (κ1) is 17.2. The van der Waals surface area contributed by atoms with Crippen molar-refractivity contribution in [1.29, 1.82) is 0 Å². The van der Waals surface area contributed by atoms with Crippen LogP contribution in [0.3, 0.4) is 0 Å². The molecule has 25 heavy (non-hydrogen) atoms. The Bertz CT molecular complexity index is 700. The number of hydrogen-bond donors (Lipinski definition) is 1. The van der Waals surface area contributed by atoms with Gasteiger partial charge in [0.05, 0.1) is 6.61 Å². The molecule has 132 valence electrons. The maximum Gasteiger partial charge on any atom is 0.274 e. The third kappa shape index (κ3) is 4.47. The van der Waals surface area contributed by atoms with Crippen LogP contribution in [0.15, 0.2) is 36.4 Å². The van der Waals surface area contributed by atoms with E-state index in [1.54, 1.807) is 12.1 Å². The SMILES string of the molecule is CCOc1ccc(Nc2ccc(C(=O)N3CCCC(C)C3)nn2)cc1. The number of nitrogens with one attached hydrogen (secondary N) is 1. The second-order valence-corrected chi connectivity index (χ2v) is 6.38. The smallest absolute Gasteiger partial charge is 0.274 e. The first-order valence-electron chi connectivity index (χ1n) is 8.78. The van der Waals surface area contributed by atoms with Crippen LogP contribution in [0.25, 0.3) is 0 Å². The van der Waals surface area contributed by atoms with E-state index in [1.807, 2.05) is 36.1 Å². The van der Waals surface area contributed by atoms with Crippen molar-refractivity contribution in [3.63, 3.8) is 0 Å². The van der Waals surface area contributed by atoms with Crippen LogP contribution in [0.5, 0.6) is 5.75 Å². The highest BCUT2D eigenvalue weighted by Crippen LogP contribution is 2.20. The Kier molecular flexibility index (Phi) is 5.48. The summed E-state index contributed by atoms with van der Waals surface area (Å²) < 4.78 is 5.42. The number of hydrogen-bond acceptors (Lipinski definition) is 5. The Hall–Kier alpha value is -2.63. The van der Waals surface area contributed by atoms with Gasteiger partial charge in [-0.15, -0.1) is 10.2 Å². The van der Waals surface area contributed by atoms with E-state index in [0.717, 1.165) is 30.9 Å². The lowest BCUT2D eigenvalue weighted by atomic mass is 10.00. The molecule has 3 rings (SSSR count). The first-order chi connectivity index (χ1) is 12.2. The van der Waals surface area contributed by atoms with Gasteiger partial charge in [-0.3, -0.25) is 4.79 Å². The van der Waals surface area contributed by atoms with Crippen LogP contribution < -0.4 is 10.1 Å². The lowest BCUT2D eigenvalue weighted by molar-refractivity contribution is 0.0676. The van der Waals surface area contributed by atoms with E-state index < -0.39 is 0 Å². The molecule has 2 heterocycles. The van der Waals surface area contributed by atoms with Crippen molar-refractivity contribution < 1.29 is 9.53 Å². The Morgan fingerprint density at radius 3 is 2.68 bits per heavy atom. The van der Waals surface area contributed by atoms with Crippen LogP contribution >= 0.6 is 0 Å². The molecule has 2 aromatic rings. The molecule has 1 saturated heterocycles. The monoisotopic (exact) mass is 340 g/mol. The zero-order valence-corrected chi connectivity index (χ0v) is 14.7. The van der Waals surface area contributed by atoms with E-state index in [1.165, 1.54) is 6.42 Å². The van der Waals surface area contributed by atoms with E-state index >= 15 is 0 Å². The zero-order valence-electron chi connectivity index (χ0n) is 14.7. The van der Waals surface area contributed by atoms with Crippen molar-refractivity contribution in [3.05, 3.63) is 42.1 Å². The molecule has 0 spiro atoms. The number of carbonyl (C=O) groups excluding carboxylic acids is 1. The van der Waals surface area contributed by atoms with Crippen molar-refractivity contribution in [3.8, 4) is 5.75 Å². The summed E-state index contributed by atoms with van der Waals surface area (Å²) in [5, 5.41) is 11.4. The summed E-state index contributed by atoms with van der Waals surface area (Å²) in [5.74, 6) is 1.95. The van der Waals surface area contributed by atoms with Gasteiger partial charge < -0.3 is 15.0 Å². The number of carbonyl (C=O) groups is 1. The van der Waals surface area contributed by atoms with Crippen LogP contribution in [-0.2, 0) is 0 Å². The average Bonchev–Trinajstić information content (AvgIpc) is 2.64. The van der Waals surface area contributed by atoms with Crippen LogP contribution in [0.4, 0.5) is 11.5 Å². The van der Waals surface area contributed by atoms with E-state index in [0.29, 0.717) is 24.0 Å². The minimum atomic E-state index is -0.0355. The standard InChI is InChI=1S/C19H24N4O2/c1-3-25-16-8-6-15(7-9-16)20-18-11-10-17(21-22-18)19(24)23-12-4-5-14(2)13-23/h6-11,14H,3-5,12-13H2,1-2H3,(H,20,22). The third-order valence-corrected chi connectivity index (χ3v) is 4.27. The van der Waals surface area contributed by atoms with Crippen molar-refractivity contribution >= 4 is 17.4 Å². The van der Waals surface area contributed by atoms with Gasteiger partial charge in [0.1, 0.15) is 5.75 Å². The highest BCUT2D eigenvalue weighted by Gasteiger charge is 2.23. The minimum absolute atomic E-state index is 0.0355. The molecule has 6 nitrogen and oxygen atoms in total. The maximum absolute atomic E-state index is 12.5. The number of anilines is 2. The molecule has 0 radical (unpaired) electrons. The molecule has 1 aromatic heterocycles. The highest BCUT2D eigenvalue weighted by atomic mass is 16.5. The van der Waals surface area contributed by atoms with Crippen molar-refractivity contribution in [1.82, 2.24) is 15.1 Å². The average molecular weight is 340 g/mol. The van der Waals surface area contributed by atoms with Crippen LogP contribution in [0.1, 0.15) is 37.2 Å². The van der Waals surface area contributed by atoms with Gasteiger partial charge in [-0.2, -0.15) is 0 Å². The van der Waals surface area contributed by atoms with Crippen molar-refractivity contribution in [2.45, 2.75) is 26.7 Å². The number of likely N-dealkylation sites (tertiary alicyclic amines) is 1. The molecular weight excluding hydrogens is 316 g/mol.